The Bertz CT molecular complexity index is 2610. The maximum absolute atomic E-state index is 14.0. The van der Waals surface area contributed by atoms with E-state index in [0.29, 0.717) is 77.7 Å². The molecule has 0 saturated carbocycles. The van der Waals surface area contributed by atoms with Gasteiger partial charge in [0.25, 0.3) is 11.8 Å². The lowest BCUT2D eigenvalue weighted by molar-refractivity contribution is -0.138. The second kappa shape index (κ2) is 18.0. The van der Waals surface area contributed by atoms with E-state index in [4.69, 9.17) is 18.9 Å². The van der Waals surface area contributed by atoms with Crippen molar-refractivity contribution in [3.05, 3.63) is 126 Å². The molecule has 62 heavy (non-hydrogen) atoms. The summed E-state index contributed by atoms with van der Waals surface area (Å²) in [6.07, 6.45) is 2.73. The van der Waals surface area contributed by atoms with Gasteiger partial charge >= 0.3 is 12.2 Å². The first kappa shape index (κ1) is 41.3. The van der Waals surface area contributed by atoms with Crippen LogP contribution in [0.3, 0.4) is 0 Å². The monoisotopic (exact) mass is 838 g/mol. The number of methoxy groups -OCH3 is 2. The number of carbonyl (C=O) groups excluding carboxylic acids is 5. The van der Waals surface area contributed by atoms with Crippen LogP contribution in [0.25, 0.3) is 33.8 Å². The number of oxazole rings is 1. The van der Waals surface area contributed by atoms with Crippen LogP contribution in [-0.4, -0.2) is 88.0 Å². The Hall–Kier alpha value is -7.49. The fraction of sp³-hybridized carbons (Fsp3) is 0.283. The second-order valence-corrected chi connectivity index (χ2v) is 15.2. The largest absolute Gasteiger partial charge is 0.453 e. The van der Waals surface area contributed by atoms with E-state index in [9.17, 15) is 24.0 Å². The molecule has 0 aliphatic carbocycles. The zero-order chi connectivity index (χ0) is 43.3. The maximum atomic E-state index is 14.0. The van der Waals surface area contributed by atoms with Gasteiger partial charge in [0.15, 0.2) is 5.76 Å². The van der Waals surface area contributed by atoms with Crippen molar-refractivity contribution in [3.8, 4) is 22.8 Å². The van der Waals surface area contributed by atoms with Gasteiger partial charge in [-0.2, -0.15) is 0 Å². The van der Waals surface area contributed by atoms with Gasteiger partial charge in [-0.3, -0.25) is 14.4 Å². The Morgan fingerprint density at radius 2 is 1.37 bits per heavy atom. The third-order valence-corrected chi connectivity index (χ3v) is 11.4. The van der Waals surface area contributed by atoms with Gasteiger partial charge in [0, 0.05) is 29.9 Å². The highest BCUT2D eigenvalue weighted by molar-refractivity contribution is 5.99. The molecular formula is C46H46N8O8. The van der Waals surface area contributed by atoms with Crippen LogP contribution in [-0.2, 0) is 23.9 Å². The van der Waals surface area contributed by atoms with Crippen LogP contribution >= 0.6 is 0 Å². The molecule has 4 atom stereocenters. The van der Waals surface area contributed by atoms with Crippen LogP contribution < -0.4 is 16.0 Å². The molecule has 8 rings (SSSR count). The van der Waals surface area contributed by atoms with E-state index < -0.39 is 36.2 Å². The molecular weight excluding hydrogens is 793 g/mol. The molecule has 0 spiro atoms. The number of rotatable bonds is 11. The lowest BCUT2D eigenvalue weighted by Crippen LogP contribution is -2.48. The number of amides is 5. The van der Waals surface area contributed by atoms with Crippen LogP contribution in [0.15, 0.2) is 108 Å². The van der Waals surface area contributed by atoms with Gasteiger partial charge < -0.3 is 44.6 Å². The summed E-state index contributed by atoms with van der Waals surface area (Å²) >= 11 is 0. The number of aromatic nitrogens is 3. The van der Waals surface area contributed by atoms with Crippen LogP contribution in [0, 0.1) is 6.92 Å². The number of carbonyl (C=O) groups is 5. The summed E-state index contributed by atoms with van der Waals surface area (Å²) in [7, 11) is 2.49. The number of alkyl carbamates (subject to hydrolysis) is 2. The Labute approximate surface area is 357 Å². The van der Waals surface area contributed by atoms with E-state index in [0.717, 1.165) is 23.1 Å². The quantitative estimate of drug-likeness (QED) is 0.106. The Kier molecular flexibility index (Phi) is 12.0. The van der Waals surface area contributed by atoms with Crippen molar-refractivity contribution in [1.82, 2.24) is 35.4 Å². The molecule has 6 aromatic rings. The molecule has 4 heterocycles. The fourth-order valence-corrected chi connectivity index (χ4v) is 8.16. The van der Waals surface area contributed by atoms with E-state index in [1.807, 2.05) is 61.5 Å². The standard InChI is InChI=1S/C46H46N8O8/c1-27-18-19-31(25-33(27)50-41(55)36-17-11-23-54(36)44(57)39(52-46(59)61-3)29-14-8-5-9-15-29)42-47-26-37(62-42)30-20-21-32-34(24-30)49-40(48-32)35-16-10-22-53(35)43(56)38(51-45(58)60-2)28-12-6-4-7-13-28/h4-9,12-15,18-21,24-26,35-36,38-39H,10-11,16-17,22-23H2,1-3H3,(H,48,49)(H,50,55)(H,51,58)(H,52,59)/t35-,36+,38-,39+/m0/s1. The first-order valence-electron chi connectivity index (χ1n) is 20.4. The summed E-state index contributed by atoms with van der Waals surface area (Å²) in [6, 6.07) is 26.1. The summed E-state index contributed by atoms with van der Waals surface area (Å²) in [5, 5.41) is 8.35. The van der Waals surface area contributed by atoms with Gasteiger partial charge in [0.05, 0.1) is 37.5 Å². The number of ether oxygens (including phenoxy) is 2. The molecule has 2 aliphatic heterocycles. The normalized spacial score (nSPS) is 17.0. The molecule has 0 bridgehead atoms. The molecule has 2 aliphatic rings. The molecule has 318 valence electrons. The molecule has 2 aromatic heterocycles. The zero-order valence-electron chi connectivity index (χ0n) is 34.4. The van der Waals surface area contributed by atoms with Crippen LogP contribution in [0.1, 0.15) is 66.3 Å². The average molecular weight is 839 g/mol. The van der Waals surface area contributed by atoms with Crippen molar-refractivity contribution >= 4 is 46.6 Å². The number of likely N-dealkylation sites (tertiary alicyclic amines) is 2. The summed E-state index contributed by atoms with van der Waals surface area (Å²) in [5.41, 5.74) is 5.41. The van der Waals surface area contributed by atoms with Crippen LogP contribution in [0.5, 0.6) is 0 Å². The molecule has 16 heteroatoms. The van der Waals surface area contributed by atoms with Gasteiger partial charge in [0.2, 0.25) is 11.8 Å². The number of hydrogen-bond acceptors (Lipinski definition) is 10. The third kappa shape index (κ3) is 8.57. The Balaban J connectivity index is 0.973. The van der Waals surface area contributed by atoms with E-state index in [2.05, 4.69) is 25.9 Å². The number of aromatic amines is 1. The number of fused-ring (bicyclic) bond motifs is 1. The Morgan fingerprint density at radius 1 is 0.758 bits per heavy atom. The smallest absolute Gasteiger partial charge is 0.407 e. The lowest BCUT2D eigenvalue weighted by atomic mass is 10.0. The van der Waals surface area contributed by atoms with Crippen molar-refractivity contribution in [2.75, 3.05) is 32.6 Å². The first-order valence-corrected chi connectivity index (χ1v) is 20.4. The molecule has 2 saturated heterocycles. The molecule has 0 unspecified atom stereocenters. The van der Waals surface area contributed by atoms with E-state index >= 15 is 0 Å². The number of benzene rings is 4. The highest BCUT2D eigenvalue weighted by Crippen LogP contribution is 2.36. The highest BCUT2D eigenvalue weighted by Gasteiger charge is 2.39. The number of aryl methyl sites for hydroxylation is 1. The fourth-order valence-electron chi connectivity index (χ4n) is 8.16. The number of H-pyrrole nitrogens is 1. The predicted octanol–water partition coefficient (Wildman–Crippen LogP) is 6.98. The zero-order valence-corrected chi connectivity index (χ0v) is 34.4. The third-order valence-electron chi connectivity index (χ3n) is 11.4. The van der Waals surface area contributed by atoms with Crippen molar-refractivity contribution < 1.29 is 37.9 Å². The predicted molar refractivity (Wildman–Crippen MR) is 228 cm³/mol. The number of anilines is 1. The highest BCUT2D eigenvalue weighted by atomic mass is 16.5. The van der Waals surface area contributed by atoms with Gasteiger partial charge in [-0.1, -0.05) is 66.7 Å². The van der Waals surface area contributed by atoms with Crippen LogP contribution in [0.2, 0.25) is 0 Å². The van der Waals surface area contributed by atoms with E-state index in [1.54, 1.807) is 53.6 Å². The van der Waals surface area contributed by atoms with Gasteiger partial charge in [-0.05, 0) is 79.6 Å². The maximum Gasteiger partial charge on any atom is 0.407 e. The van der Waals surface area contributed by atoms with Crippen molar-refractivity contribution in [1.29, 1.82) is 0 Å². The van der Waals surface area contributed by atoms with Gasteiger partial charge in [0.1, 0.15) is 23.9 Å². The second-order valence-electron chi connectivity index (χ2n) is 15.2. The molecule has 16 nitrogen and oxygen atoms in total. The number of hydrogen-bond donors (Lipinski definition) is 4. The molecule has 2 fully saturated rings. The Morgan fingerprint density at radius 3 is 2.03 bits per heavy atom. The van der Waals surface area contributed by atoms with Crippen molar-refractivity contribution in [2.45, 2.75) is 56.8 Å². The van der Waals surface area contributed by atoms with Crippen molar-refractivity contribution in [3.63, 3.8) is 0 Å². The lowest BCUT2D eigenvalue weighted by Gasteiger charge is -2.29. The molecule has 4 aromatic carbocycles. The molecule has 5 amide bonds. The van der Waals surface area contributed by atoms with E-state index in [1.165, 1.54) is 19.1 Å². The number of nitrogens with one attached hydrogen (secondary N) is 4. The summed E-state index contributed by atoms with van der Waals surface area (Å²) < 4.78 is 15.9. The van der Waals surface area contributed by atoms with Gasteiger partial charge in [-0.25, -0.2) is 19.6 Å². The number of imidazole rings is 1. The number of nitrogens with zero attached hydrogens (tertiary/aromatic N) is 4. The summed E-state index contributed by atoms with van der Waals surface area (Å²) in [5.74, 6) is 0.483. The molecule has 0 radical (unpaired) electrons. The summed E-state index contributed by atoms with van der Waals surface area (Å²) in [6.45, 7) is 2.74. The van der Waals surface area contributed by atoms with Gasteiger partial charge in [-0.15, -0.1) is 0 Å². The van der Waals surface area contributed by atoms with Crippen molar-refractivity contribution in [2.24, 2.45) is 0 Å². The SMILES string of the molecule is COC(=O)N[C@H](C(=O)N1CCC[C@H]1c1nc2ccc(-c3cnc(-c4ccc(C)c(NC(=O)[C@H]5CCCN5C(=O)[C@H](NC(=O)OC)c5ccccc5)c4)o3)cc2[nH]1)c1ccccc1. The topological polar surface area (TPSA) is 201 Å². The average Bonchev–Trinajstić information content (AvgIpc) is 4.15. The molecule has 4 N–H and O–H groups in total. The van der Waals surface area contributed by atoms with Crippen LogP contribution in [0.4, 0.5) is 15.3 Å². The minimum absolute atomic E-state index is 0.254. The summed E-state index contributed by atoms with van der Waals surface area (Å²) in [4.78, 5) is 82.3. The minimum atomic E-state index is -1.03. The minimum Gasteiger partial charge on any atom is -0.453 e. The first-order chi connectivity index (χ1) is 30.1. The van der Waals surface area contributed by atoms with E-state index in [-0.39, 0.29) is 17.9 Å².